The van der Waals surface area contributed by atoms with E-state index in [2.05, 4.69) is 15.0 Å². The Morgan fingerprint density at radius 2 is 2.25 bits per heavy atom. The van der Waals surface area contributed by atoms with E-state index in [0.29, 0.717) is 18.7 Å². The molecule has 1 saturated heterocycles. The van der Waals surface area contributed by atoms with Gasteiger partial charge in [0.1, 0.15) is 11.6 Å². The molecule has 1 atom stereocenters. The average molecular weight is 329 g/mol. The first-order chi connectivity index (χ1) is 11.5. The van der Waals surface area contributed by atoms with E-state index in [1.807, 2.05) is 36.7 Å². The van der Waals surface area contributed by atoms with Gasteiger partial charge in [-0.15, -0.1) is 0 Å². The molecule has 128 valence electrons. The summed E-state index contributed by atoms with van der Waals surface area (Å²) in [6.07, 6.45) is 0.0814. The first kappa shape index (κ1) is 16.6. The second-order valence-electron chi connectivity index (χ2n) is 6.18. The smallest absolute Gasteiger partial charge is 0.248 e. The Labute approximate surface area is 141 Å². The summed E-state index contributed by atoms with van der Waals surface area (Å²) in [6, 6.07) is 7.48. The number of ether oxygens (including phenoxy) is 1. The number of amides is 1. The summed E-state index contributed by atoms with van der Waals surface area (Å²) in [5.41, 5.74) is 6.98. The lowest BCUT2D eigenvalue weighted by Gasteiger charge is -2.33. The van der Waals surface area contributed by atoms with E-state index in [1.165, 1.54) is 0 Å². The van der Waals surface area contributed by atoms with Crippen molar-refractivity contribution in [2.75, 3.05) is 19.7 Å². The van der Waals surface area contributed by atoms with Crippen LogP contribution in [0, 0.1) is 13.8 Å². The van der Waals surface area contributed by atoms with Crippen molar-refractivity contribution in [3.05, 3.63) is 47.0 Å². The summed E-state index contributed by atoms with van der Waals surface area (Å²) in [4.78, 5) is 18.0. The summed E-state index contributed by atoms with van der Waals surface area (Å²) in [6.45, 7) is 7.69. The maximum atomic E-state index is 11.3. The molecule has 0 radical (unpaired) electrons. The SMILES string of the molecule is Cc1nc(C)n(C[C@H]2CN(Cc3cccc(C(N)=O)c3)CCO2)n1. The van der Waals surface area contributed by atoms with Gasteiger partial charge in [-0.3, -0.25) is 9.69 Å². The molecule has 24 heavy (non-hydrogen) atoms. The van der Waals surface area contributed by atoms with E-state index in [1.54, 1.807) is 6.07 Å². The van der Waals surface area contributed by atoms with Crippen molar-refractivity contribution in [1.82, 2.24) is 19.7 Å². The number of hydrogen-bond donors (Lipinski definition) is 1. The van der Waals surface area contributed by atoms with Gasteiger partial charge in [0, 0.05) is 25.2 Å². The third kappa shape index (κ3) is 3.98. The van der Waals surface area contributed by atoms with Crippen molar-refractivity contribution in [3.63, 3.8) is 0 Å². The molecule has 0 aliphatic carbocycles. The molecule has 1 aromatic carbocycles. The van der Waals surface area contributed by atoms with Gasteiger partial charge < -0.3 is 10.5 Å². The van der Waals surface area contributed by atoms with Crippen LogP contribution in [0.15, 0.2) is 24.3 Å². The van der Waals surface area contributed by atoms with Crippen LogP contribution in [-0.2, 0) is 17.8 Å². The van der Waals surface area contributed by atoms with Gasteiger partial charge in [-0.2, -0.15) is 5.10 Å². The molecular weight excluding hydrogens is 306 g/mol. The molecule has 1 aliphatic heterocycles. The van der Waals surface area contributed by atoms with Crippen molar-refractivity contribution < 1.29 is 9.53 Å². The zero-order valence-corrected chi connectivity index (χ0v) is 14.1. The van der Waals surface area contributed by atoms with Crippen LogP contribution in [0.3, 0.4) is 0 Å². The predicted octanol–water partition coefficient (Wildman–Crippen LogP) is 0.895. The van der Waals surface area contributed by atoms with Crippen molar-refractivity contribution >= 4 is 5.91 Å². The van der Waals surface area contributed by atoms with Crippen molar-refractivity contribution in [1.29, 1.82) is 0 Å². The highest BCUT2D eigenvalue weighted by atomic mass is 16.5. The predicted molar refractivity (Wildman–Crippen MR) is 89.5 cm³/mol. The second kappa shape index (κ2) is 7.11. The van der Waals surface area contributed by atoms with Crippen LogP contribution in [0.5, 0.6) is 0 Å². The van der Waals surface area contributed by atoms with Gasteiger partial charge in [0.15, 0.2) is 0 Å². The Bertz CT molecular complexity index is 728. The molecule has 0 bridgehead atoms. The second-order valence-corrected chi connectivity index (χ2v) is 6.18. The first-order valence-electron chi connectivity index (χ1n) is 8.12. The fraction of sp³-hybridized carbons (Fsp3) is 0.471. The van der Waals surface area contributed by atoms with Crippen LogP contribution < -0.4 is 5.73 Å². The number of hydrogen-bond acceptors (Lipinski definition) is 5. The zero-order chi connectivity index (χ0) is 17.1. The van der Waals surface area contributed by atoms with Gasteiger partial charge in [-0.1, -0.05) is 12.1 Å². The van der Waals surface area contributed by atoms with Gasteiger partial charge >= 0.3 is 0 Å². The summed E-state index contributed by atoms with van der Waals surface area (Å²) in [5.74, 6) is 1.29. The lowest BCUT2D eigenvalue weighted by atomic mass is 10.1. The average Bonchev–Trinajstić information content (AvgIpc) is 2.85. The zero-order valence-electron chi connectivity index (χ0n) is 14.1. The van der Waals surface area contributed by atoms with Crippen molar-refractivity contribution in [2.45, 2.75) is 33.0 Å². The standard InChI is InChI=1S/C17H23N5O2/c1-12-19-13(2)22(20-12)11-16-10-21(6-7-24-16)9-14-4-3-5-15(8-14)17(18)23/h3-5,8,16H,6-7,9-11H2,1-2H3,(H2,18,23)/t16-/m1/s1. The van der Waals surface area contributed by atoms with E-state index >= 15 is 0 Å². The molecule has 0 spiro atoms. The van der Waals surface area contributed by atoms with Crippen LogP contribution >= 0.6 is 0 Å². The number of benzene rings is 1. The number of carbonyl (C=O) groups excluding carboxylic acids is 1. The molecule has 7 heteroatoms. The van der Waals surface area contributed by atoms with Gasteiger partial charge in [0.2, 0.25) is 5.91 Å². The summed E-state index contributed by atoms with van der Waals surface area (Å²) >= 11 is 0. The first-order valence-corrected chi connectivity index (χ1v) is 8.12. The number of morpholine rings is 1. The fourth-order valence-corrected chi connectivity index (χ4v) is 3.04. The Kier molecular flexibility index (Phi) is 4.92. The van der Waals surface area contributed by atoms with E-state index in [-0.39, 0.29) is 6.10 Å². The van der Waals surface area contributed by atoms with E-state index in [4.69, 9.17) is 10.5 Å². The highest BCUT2D eigenvalue weighted by molar-refractivity contribution is 5.92. The van der Waals surface area contributed by atoms with Crippen LogP contribution in [0.4, 0.5) is 0 Å². The quantitative estimate of drug-likeness (QED) is 0.880. The molecular formula is C17H23N5O2. The van der Waals surface area contributed by atoms with Crippen LogP contribution in [0.2, 0.25) is 0 Å². The highest BCUT2D eigenvalue weighted by Crippen LogP contribution is 2.13. The molecule has 1 amide bonds. The van der Waals surface area contributed by atoms with Crippen LogP contribution in [0.25, 0.3) is 0 Å². The highest BCUT2D eigenvalue weighted by Gasteiger charge is 2.22. The molecule has 2 N–H and O–H groups in total. The normalized spacial score (nSPS) is 18.7. The number of nitrogens with zero attached hydrogens (tertiary/aromatic N) is 4. The minimum Gasteiger partial charge on any atom is -0.374 e. The largest absolute Gasteiger partial charge is 0.374 e. The third-order valence-corrected chi connectivity index (χ3v) is 4.18. The number of carbonyl (C=O) groups is 1. The molecule has 2 aromatic rings. The molecule has 2 heterocycles. The Hall–Kier alpha value is -2.25. The van der Waals surface area contributed by atoms with Gasteiger partial charge in [-0.05, 0) is 31.5 Å². The monoisotopic (exact) mass is 329 g/mol. The number of primary amides is 1. The van der Waals surface area contributed by atoms with Gasteiger partial charge in [-0.25, -0.2) is 9.67 Å². The summed E-state index contributed by atoms with van der Waals surface area (Å²) in [7, 11) is 0. The maximum absolute atomic E-state index is 11.3. The molecule has 1 aliphatic rings. The minimum atomic E-state index is -0.395. The Balaban J connectivity index is 1.62. The van der Waals surface area contributed by atoms with Crippen molar-refractivity contribution in [2.24, 2.45) is 5.73 Å². The van der Waals surface area contributed by atoms with Crippen molar-refractivity contribution in [3.8, 4) is 0 Å². The van der Waals surface area contributed by atoms with Gasteiger partial charge in [0.25, 0.3) is 0 Å². The fourth-order valence-electron chi connectivity index (χ4n) is 3.04. The lowest BCUT2D eigenvalue weighted by molar-refractivity contribution is -0.0405. The number of nitrogens with two attached hydrogens (primary N) is 1. The minimum absolute atomic E-state index is 0.0814. The Morgan fingerprint density at radius 3 is 2.96 bits per heavy atom. The molecule has 3 rings (SSSR count). The van der Waals surface area contributed by atoms with Gasteiger partial charge in [0.05, 0.1) is 19.3 Å². The molecule has 7 nitrogen and oxygen atoms in total. The Morgan fingerprint density at radius 1 is 1.42 bits per heavy atom. The number of rotatable bonds is 5. The maximum Gasteiger partial charge on any atom is 0.248 e. The molecule has 0 unspecified atom stereocenters. The van der Waals surface area contributed by atoms with E-state index in [0.717, 1.165) is 36.8 Å². The molecule has 0 saturated carbocycles. The molecule has 1 aromatic heterocycles. The topological polar surface area (TPSA) is 86.3 Å². The van der Waals surface area contributed by atoms with Crippen LogP contribution in [-0.4, -0.2) is 51.4 Å². The lowest BCUT2D eigenvalue weighted by Crippen LogP contribution is -2.44. The van der Waals surface area contributed by atoms with E-state index in [9.17, 15) is 4.79 Å². The van der Waals surface area contributed by atoms with E-state index < -0.39 is 5.91 Å². The van der Waals surface area contributed by atoms with Crippen LogP contribution in [0.1, 0.15) is 27.6 Å². The number of aromatic nitrogens is 3. The number of aryl methyl sites for hydroxylation is 2. The summed E-state index contributed by atoms with van der Waals surface area (Å²) in [5, 5.41) is 4.40. The third-order valence-electron chi connectivity index (χ3n) is 4.18. The molecule has 1 fully saturated rings. The summed E-state index contributed by atoms with van der Waals surface area (Å²) < 4.78 is 7.77.